The number of carbonyl (C=O) groups excluding carboxylic acids is 1. The first-order valence-electron chi connectivity index (χ1n) is 5.51. The van der Waals surface area contributed by atoms with Crippen molar-refractivity contribution >= 4 is 28.9 Å². The predicted molar refractivity (Wildman–Crippen MR) is 70.1 cm³/mol. The first kappa shape index (κ1) is 15.1. The van der Waals surface area contributed by atoms with Crippen LogP contribution in [0.5, 0.6) is 0 Å². The number of anilines is 2. The van der Waals surface area contributed by atoms with Crippen molar-refractivity contribution in [3.63, 3.8) is 0 Å². The van der Waals surface area contributed by atoms with Gasteiger partial charge in [0, 0.05) is 6.07 Å². The van der Waals surface area contributed by atoms with Crippen molar-refractivity contribution in [1.29, 1.82) is 0 Å². The molecular weight excluding hydrogens is 312 g/mol. The lowest BCUT2D eigenvalue weighted by Gasteiger charge is -2.10. The van der Waals surface area contributed by atoms with Gasteiger partial charge in [0.1, 0.15) is 5.69 Å². The predicted octanol–water partition coefficient (Wildman–Crippen LogP) is 3.73. The minimum Gasteiger partial charge on any atom is -0.397 e. The number of halogens is 5. The number of nitrogens with one attached hydrogen (secondary N) is 1. The Bertz CT molecular complexity index is 710. The second-order valence-electron chi connectivity index (χ2n) is 4.00. The van der Waals surface area contributed by atoms with Crippen LogP contribution in [0, 0.1) is 23.3 Å². The van der Waals surface area contributed by atoms with Crippen LogP contribution < -0.4 is 11.1 Å². The molecule has 0 aliphatic carbocycles. The number of para-hydroxylation sites is 1. The Morgan fingerprint density at radius 3 is 2.24 bits per heavy atom. The molecule has 0 aromatic heterocycles. The Labute approximate surface area is 121 Å². The highest BCUT2D eigenvalue weighted by Gasteiger charge is 2.22. The van der Waals surface area contributed by atoms with Crippen LogP contribution in [0.4, 0.5) is 28.9 Å². The SMILES string of the molecule is Nc1c(Cl)cccc1C(=O)Nc1c(F)c(F)cc(F)c1F. The Morgan fingerprint density at radius 1 is 1.10 bits per heavy atom. The molecule has 110 valence electrons. The number of hydrogen-bond acceptors (Lipinski definition) is 2. The summed E-state index contributed by atoms with van der Waals surface area (Å²) in [6, 6.07) is 4.05. The zero-order valence-corrected chi connectivity index (χ0v) is 10.9. The van der Waals surface area contributed by atoms with Crippen LogP contribution in [0.3, 0.4) is 0 Å². The van der Waals surface area contributed by atoms with Crippen molar-refractivity contribution < 1.29 is 22.4 Å². The van der Waals surface area contributed by atoms with E-state index in [9.17, 15) is 22.4 Å². The standard InChI is InChI=1S/C13H7ClF4N2O/c14-6-3-1-2-5(11(6)19)13(21)20-12-9(17)7(15)4-8(16)10(12)18/h1-4H,19H2,(H,20,21). The number of benzene rings is 2. The highest BCUT2D eigenvalue weighted by atomic mass is 35.5. The molecule has 0 unspecified atom stereocenters. The molecule has 2 aromatic rings. The first-order chi connectivity index (χ1) is 9.82. The van der Waals surface area contributed by atoms with Gasteiger partial charge < -0.3 is 11.1 Å². The molecule has 3 nitrogen and oxygen atoms in total. The van der Waals surface area contributed by atoms with Crippen LogP contribution in [-0.4, -0.2) is 5.91 Å². The molecular formula is C13H7ClF4N2O. The van der Waals surface area contributed by atoms with Crippen molar-refractivity contribution in [1.82, 2.24) is 0 Å². The molecule has 2 rings (SSSR count). The fraction of sp³-hybridized carbons (Fsp3) is 0. The minimum absolute atomic E-state index is 0.0358. The fourth-order valence-corrected chi connectivity index (χ4v) is 1.77. The van der Waals surface area contributed by atoms with E-state index >= 15 is 0 Å². The summed E-state index contributed by atoms with van der Waals surface area (Å²) >= 11 is 5.70. The number of nitrogens with two attached hydrogens (primary N) is 1. The first-order valence-corrected chi connectivity index (χ1v) is 5.89. The number of amides is 1. The van der Waals surface area contributed by atoms with E-state index in [0.717, 1.165) is 0 Å². The van der Waals surface area contributed by atoms with E-state index < -0.39 is 34.9 Å². The average molecular weight is 319 g/mol. The van der Waals surface area contributed by atoms with Gasteiger partial charge in [0.25, 0.3) is 5.91 Å². The zero-order chi connectivity index (χ0) is 15.7. The van der Waals surface area contributed by atoms with Crippen molar-refractivity contribution in [2.24, 2.45) is 0 Å². The Hall–Kier alpha value is -2.28. The third kappa shape index (κ3) is 2.78. The lowest BCUT2D eigenvalue weighted by Crippen LogP contribution is -2.17. The molecule has 0 aliphatic rings. The molecule has 0 heterocycles. The summed E-state index contributed by atoms with van der Waals surface area (Å²) in [5.41, 5.74) is 3.99. The normalized spacial score (nSPS) is 10.5. The van der Waals surface area contributed by atoms with E-state index in [0.29, 0.717) is 0 Å². The van der Waals surface area contributed by atoms with Gasteiger partial charge in [-0.15, -0.1) is 0 Å². The third-order valence-electron chi connectivity index (χ3n) is 2.65. The zero-order valence-electron chi connectivity index (χ0n) is 10.2. The van der Waals surface area contributed by atoms with E-state index in [-0.39, 0.29) is 22.3 Å². The summed E-state index contributed by atoms with van der Waals surface area (Å²) in [5, 5.41) is 1.79. The molecule has 0 atom stereocenters. The number of carbonyl (C=O) groups is 1. The lowest BCUT2D eigenvalue weighted by atomic mass is 10.1. The van der Waals surface area contributed by atoms with E-state index in [1.165, 1.54) is 18.2 Å². The van der Waals surface area contributed by atoms with Crippen LogP contribution in [0.2, 0.25) is 5.02 Å². The van der Waals surface area contributed by atoms with Crippen LogP contribution in [0.1, 0.15) is 10.4 Å². The van der Waals surface area contributed by atoms with Gasteiger partial charge in [-0.05, 0) is 12.1 Å². The van der Waals surface area contributed by atoms with Crippen LogP contribution >= 0.6 is 11.6 Å². The topological polar surface area (TPSA) is 55.1 Å². The van der Waals surface area contributed by atoms with Crippen molar-refractivity contribution in [2.75, 3.05) is 11.1 Å². The molecule has 21 heavy (non-hydrogen) atoms. The maximum Gasteiger partial charge on any atom is 0.257 e. The average Bonchev–Trinajstić information content (AvgIpc) is 2.44. The maximum atomic E-state index is 13.4. The summed E-state index contributed by atoms with van der Waals surface area (Å²) in [4.78, 5) is 11.9. The molecule has 0 spiro atoms. The quantitative estimate of drug-likeness (QED) is 0.503. The molecule has 8 heteroatoms. The van der Waals surface area contributed by atoms with Gasteiger partial charge in [-0.1, -0.05) is 17.7 Å². The molecule has 2 aromatic carbocycles. The number of rotatable bonds is 2. The van der Waals surface area contributed by atoms with Crippen LogP contribution in [0.15, 0.2) is 24.3 Å². The monoisotopic (exact) mass is 318 g/mol. The van der Waals surface area contributed by atoms with Crippen LogP contribution in [0.25, 0.3) is 0 Å². The van der Waals surface area contributed by atoms with Crippen molar-refractivity contribution in [3.05, 3.63) is 58.1 Å². The Kier molecular flexibility index (Phi) is 4.04. The molecule has 0 aliphatic heterocycles. The summed E-state index contributed by atoms with van der Waals surface area (Å²) in [6.45, 7) is 0. The fourth-order valence-electron chi connectivity index (χ4n) is 1.60. The molecule has 3 N–H and O–H groups in total. The van der Waals surface area contributed by atoms with E-state index in [4.69, 9.17) is 17.3 Å². The molecule has 0 fully saturated rings. The van der Waals surface area contributed by atoms with Gasteiger partial charge in [-0.2, -0.15) is 0 Å². The van der Waals surface area contributed by atoms with Gasteiger partial charge in [-0.3, -0.25) is 4.79 Å². The molecule has 0 bridgehead atoms. The number of hydrogen-bond donors (Lipinski definition) is 2. The summed E-state index contributed by atoms with van der Waals surface area (Å²) in [6.07, 6.45) is 0. The number of nitrogen functional groups attached to an aromatic ring is 1. The largest absolute Gasteiger partial charge is 0.397 e. The summed E-state index contributed by atoms with van der Waals surface area (Å²) in [5.74, 6) is -7.77. The molecule has 0 saturated carbocycles. The van der Waals surface area contributed by atoms with Crippen molar-refractivity contribution in [2.45, 2.75) is 0 Å². The summed E-state index contributed by atoms with van der Waals surface area (Å²) in [7, 11) is 0. The van der Waals surface area contributed by atoms with Crippen LogP contribution in [-0.2, 0) is 0 Å². The summed E-state index contributed by atoms with van der Waals surface area (Å²) < 4.78 is 53.0. The highest BCUT2D eigenvalue weighted by Crippen LogP contribution is 2.27. The van der Waals surface area contributed by atoms with Crippen molar-refractivity contribution in [3.8, 4) is 0 Å². The van der Waals surface area contributed by atoms with Gasteiger partial charge in [0.15, 0.2) is 23.3 Å². The highest BCUT2D eigenvalue weighted by molar-refractivity contribution is 6.34. The van der Waals surface area contributed by atoms with E-state index in [1.807, 2.05) is 0 Å². The smallest absolute Gasteiger partial charge is 0.257 e. The molecule has 0 saturated heterocycles. The Balaban J connectivity index is 2.43. The lowest BCUT2D eigenvalue weighted by molar-refractivity contribution is 0.102. The molecule has 0 radical (unpaired) electrons. The van der Waals surface area contributed by atoms with Gasteiger partial charge >= 0.3 is 0 Å². The maximum absolute atomic E-state index is 13.4. The Morgan fingerprint density at radius 2 is 1.67 bits per heavy atom. The molecule has 1 amide bonds. The minimum atomic E-state index is -1.72. The van der Waals surface area contributed by atoms with E-state index in [1.54, 1.807) is 5.32 Å². The van der Waals surface area contributed by atoms with Gasteiger partial charge in [0.2, 0.25) is 0 Å². The van der Waals surface area contributed by atoms with Gasteiger partial charge in [0.05, 0.1) is 16.3 Å². The van der Waals surface area contributed by atoms with Gasteiger partial charge in [-0.25, -0.2) is 17.6 Å². The second kappa shape index (κ2) is 5.61. The third-order valence-corrected chi connectivity index (χ3v) is 2.98. The van der Waals surface area contributed by atoms with E-state index in [2.05, 4.69) is 0 Å². The second-order valence-corrected chi connectivity index (χ2v) is 4.41.